The fourth-order valence-corrected chi connectivity index (χ4v) is 8.98. The summed E-state index contributed by atoms with van der Waals surface area (Å²) in [5, 5.41) is 2.26. The zero-order valence-electron chi connectivity index (χ0n) is 26.8. The summed E-state index contributed by atoms with van der Waals surface area (Å²) in [6.45, 7) is 4.22. The molecule has 1 aromatic heterocycles. The van der Waals surface area contributed by atoms with Gasteiger partial charge in [-0.2, -0.15) is 0 Å². The number of furan rings is 1. The molecule has 2 atom stereocenters. The van der Waals surface area contributed by atoms with Crippen LogP contribution in [0.25, 0.3) is 22.3 Å². The van der Waals surface area contributed by atoms with Crippen LogP contribution in [0.1, 0.15) is 61.6 Å². The van der Waals surface area contributed by atoms with Gasteiger partial charge in [0.1, 0.15) is 17.2 Å². The normalized spacial score (nSPS) is 19.3. The minimum atomic E-state index is -3.94. The molecule has 47 heavy (non-hydrogen) atoms. The number of carbonyl (C=O) groups excluding carboxylic acids is 2. The number of ether oxygens (including phenoxy) is 2. The average Bonchev–Trinajstić information content (AvgIpc) is 3.34. The summed E-state index contributed by atoms with van der Waals surface area (Å²) in [5.74, 6) is -1.16. The molecule has 0 bridgehead atoms. The van der Waals surface area contributed by atoms with Crippen molar-refractivity contribution in [1.82, 2.24) is 10.2 Å². The van der Waals surface area contributed by atoms with Gasteiger partial charge >= 0.3 is 6.09 Å². The number of halogens is 1. The number of sulfone groups is 1. The molecule has 12 nitrogen and oxygen atoms in total. The van der Waals surface area contributed by atoms with Gasteiger partial charge in [0.2, 0.25) is 10.0 Å². The first-order valence-corrected chi connectivity index (χ1v) is 19.1. The van der Waals surface area contributed by atoms with E-state index in [1.165, 1.54) is 42.3 Å². The van der Waals surface area contributed by atoms with Gasteiger partial charge in [-0.3, -0.25) is 9.10 Å². The standard InChI is InChI=1S/C32H40FN3O9S2/c1-5-6-15-43-32(38)35-13-11-24(12-14-35)47(41,42)19-23-18-36(46(4,39)40)27-17-28-26(16-25(27)20(2)44-23)29(31(37)34-3)30(45-28)21-7-9-22(33)10-8-21/h7-10,16-17,20,23-24H,5-6,11-15,18-19H2,1-4H3,(H,34,37)/t20-,23-/m0/s1. The Hall–Kier alpha value is -3.69. The summed E-state index contributed by atoms with van der Waals surface area (Å²) in [7, 11) is -6.24. The highest BCUT2D eigenvalue weighted by Gasteiger charge is 2.39. The van der Waals surface area contributed by atoms with E-state index in [9.17, 15) is 30.8 Å². The van der Waals surface area contributed by atoms with Crippen LogP contribution in [-0.2, 0) is 29.3 Å². The lowest BCUT2D eigenvalue weighted by atomic mass is 10.0. The number of benzene rings is 2. The van der Waals surface area contributed by atoms with Crippen molar-refractivity contribution in [2.24, 2.45) is 0 Å². The van der Waals surface area contributed by atoms with E-state index in [1.54, 1.807) is 13.0 Å². The Morgan fingerprint density at radius 3 is 2.38 bits per heavy atom. The van der Waals surface area contributed by atoms with Crippen molar-refractivity contribution in [3.05, 3.63) is 53.3 Å². The minimum absolute atomic E-state index is 0.180. The quantitative estimate of drug-likeness (QED) is 0.316. The first-order valence-electron chi connectivity index (χ1n) is 15.6. The molecule has 0 radical (unpaired) electrons. The molecule has 2 aliphatic rings. The van der Waals surface area contributed by atoms with Crippen LogP contribution in [0.3, 0.4) is 0 Å². The minimum Gasteiger partial charge on any atom is -0.455 e. The van der Waals surface area contributed by atoms with Crippen LogP contribution in [0, 0.1) is 5.82 Å². The van der Waals surface area contributed by atoms with Gasteiger partial charge in [0.25, 0.3) is 5.91 Å². The number of hydrogen-bond donors (Lipinski definition) is 1. The number of fused-ring (bicyclic) bond motifs is 2. The van der Waals surface area contributed by atoms with E-state index in [1.807, 2.05) is 6.92 Å². The average molecular weight is 694 g/mol. The van der Waals surface area contributed by atoms with E-state index in [4.69, 9.17) is 13.9 Å². The molecule has 256 valence electrons. The molecule has 2 amide bonds. The van der Waals surface area contributed by atoms with Crippen LogP contribution in [0.15, 0.2) is 40.8 Å². The van der Waals surface area contributed by atoms with E-state index in [-0.39, 0.29) is 55.1 Å². The number of carbonyl (C=O) groups is 2. The number of hydrogen-bond acceptors (Lipinski definition) is 9. The maximum absolute atomic E-state index is 13.7. The molecule has 2 aliphatic heterocycles. The number of unbranched alkanes of at least 4 members (excludes halogenated alkanes) is 1. The zero-order valence-corrected chi connectivity index (χ0v) is 28.5. The molecular weight excluding hydrogens is 653 g/mol. The van der Waals surface area contributed by atoms with Crippen molar-refractivity contribution >= 4 is 48.5 Å². The van der Waals surface area contributed by atoms with Gasteiger partial charge < -0.3 is 24.1 Å². The lowest BCUT2D eigenvalue weighted by Gasteiger charge is -2.32. The summed E-state index contributed by atoms with van der Waals surface area (Å²) in [5.41, 5.74) is 1.51. The van der Waals surface area contributed by atoms with Gasteiger partial charge in [0.05, 0.1) is 53.9 Å². The Bertz CT molecular complexity index is 1850. The number of likely N-dealkylation sites (tertiary alicyclic amines) is 1. The fraction of sp³-hybridized carbons (Fsp3) is 0.500. The predicted molar refractivity (Wildman–Crippen MR) is 175 cm³/mol. The summed E-state index contributed by atoms with van der Waals surface area (Å²) in [6, 6.07) is 8.58. The van der Waals surface area contributed by atoms with E-state index >= 15 is 0 Å². The number of sulfonamides is 1. The number of nitrogens with one attached hydrogen (secondary N) is 1. The molecule has 2 aromatic carbocycles. The molecule has 5 rings (SSSR count). The third-order valence-corrected chi connectivity index (χ3v) is 12.1. The van der Waals surface area contributed by atoms with Crippen LogP contribution in [0.2, 0.25) is 0 Å². The highest BCUT2D eigenvalue weighted by Crippen LogP contribution is 2.42. The summed E-state index contributed by atoms with van der Waals surface area (Å²) in [6.07, 6.45) is 0.920. The fourth-order valence-electron chi connectivity index (χ4n) is 6.13. The predicted octanol–water partition coefficient (Wildman–Crippen LogP) is 4.64. The topological polar surface area (TPSA) is 153 Å². The second kappa shape index (κ2) is 13.8. The third-order valence-electron chi connectivity index (χ3n) is 8.62. The summed E-state index contributed by atoms with van der Waals surface area (Å²) in [4.78, 5) is 26.9. The Labute approximate surface area is 274 Å². The van der Waals surface area contributed by atoms with Crippen LogP contribution < -0.4 is 9.62 Å². The van der Waals surface area contributed by atoms with Crippen molar-refractivity contribution in [2.45, 2.75) is 57.0 Å². The van der Waals surface area contributed by atoms with Gasteiger partial charge in [-0.05, 0) is 56.5 Å². The van der Waals surface area contributed by atoms with Gasteiger partial charge in [-0.25, -0.2) is 26.0 Å². The maximum atomic E-state index is 13.7. The molecule has 1 saturated heterocycles. The molecule has 1 fully saturated rings. The molecule has 0 spiro atoms. The van der Waals surface area contributed by atoms with Crippen molar-refractivity contribution < 1.29 is 44.7 Å². The van der Waals surface area contributed by atoms with Crippen molar-refractivity contribution in [1.29, 1.82) is 0 Å². The monoisotopic (exact) mass is 693 g/mol. The third kappa shape index (κ3) is 7.41. The Kier molecular flexibility index (Phi) is 10.2. The van der Waals surface area contributed by atoms with Gasteiger partial charge in [-0.15, -0.1) is 0 Å². The zero-order chi connectivity index (χ0) is 34.1. The molecule has 0 saturated carbocycles. The highest BCUT2D eigenvalue weighted by atomic mass is 32.2. The van der Waals surface area contributed by atoms with Gasteiger partial charge in [-0.1, -0.05) is 13.3 Å². The van der Waals surface area contributed by atoms with E-state index in [0.29, 0.717) is 23.1 Å². The first-order chi connectivity index (χ1) is 22.2. The van der Waals surface area contributed by atoms with Gasteiger partial charge in [0, 0.05) is 42.7 Å². The number of anilines is 1. The van der Waals surface area contributed by atoms with E-state index in [0.717, 1.165) is 23.4 Å². The van der Waals surface area contributed by atoms with Crippen molar-refractivity contribution in [2.75, 3.05) is 49.6 Å². The number of nitrogens with zero attached hydrogens (tertiary/aromatic N) is 2. The maximum Gasteiger partial charge on any atom is 0.409 e. The Balaban J connectivity index is 1.43. The molecular formula is C32H40FN3O9S2. The largest absolute Gasteiger partial charge is 0.455 e. The molecule has 3 aromatic rings. The Morgan fingerprint density at radius 2 is 1.77 bits per heavy atom. The van der Waals surface area contributed by atoms with Crippen LogP contribution in [0.5, 0.6) is 0 Å². The number of rotatable bonds is 9. The highest BCUT2D eigenvalue weighted by molar-refractivity contribution is 7.92. The van der Waals surface area contributed by atoms with Gasteiger partial charge in [0.15, 0.2) is 9.84 Å². The molecule has 15 heteroatoms. The van der Waals surface area contributed by atoms with E-state index < -0.39 is 60.9 Å². The first kappa shape index (κ1) is 34.6. The molecule has 0 aliphatic carbocycles. The second-order valence-corrected chi connectivity index (χ2v) is 16.2. The number of piperidine rings is 1. The van der Waals surface area contributed by atoms with E-state index in [2.05, 4.69) is 5.32 Å². The molecule has 1 N–H and O–H groups in total. The SMILES string of the molecule is CCCCOC(=O)N1CCC(S(=O)(=O)C[C@@H]2CN(S(C)(=O)=O)c3cc4oc(-c5ccc(F)cc5)c(C(=O)NC)c4cc3[C@H](C)O2)CC1. The summed E-state index contributed by atoms with van der Waals surface area (Å²) >= 11 is 0. The smallest absolute Gasteiger partial charge is 0.409 e. The molecule has 0 unspecified atom stereocenters. The van der Waals surface area contributed by atoms with Crippen molar-refractivity contribution in [3.8, 4) is 11.3 Å². The van der Waals surface area contributed by atoms with Crippen molar-refractivity contribution in [3.63, 3.8) is 0 Å². The van der Waals surface area contributed by atoms with Crippen LogP contribution >= 0.6 is 0 Å². The second-order valence-electron chi connectivity index (χ2n) is 12.0. The van der Waals surface area contributed by atoms with Crippen LogP contribution in [0.4, 0.5) is 14.9 Å². The van der Waals surface area contributed by atoms with Crippen LogP contribution in [-0.4, -0.2) is 90.4 Å². The summed E-state index contributed by atoms with van der Waals surface area (Å²) < 4.78 is 86.0. The molecule has 3 heterocycles. The number of amides is 2. The Morgan fingerprint density at radius 1 is 1.09 bits per heavy atom. The lowest BCUT2D eigenvalue weighted by molar-refractivity contribution is 0.0191. The lowest BCUT2D eigenvalue weighted by Crippen LogP contribution is -2.46.